The van der Waals surface area contributed by atoms with E-state index in [2.05, 4.69) is 20.9 Å². The third kappa shape index (κ3) is 2.06. The number of hydrogen-bond acceptors (Lipinski definition) is 3. The lowest BCUT2D eigenvalue weighted by Crippen LogP contribution is -1.99. The second-order valence-corrected chi connectivity index (χ2v) is 3.13. The first kappa shape index (κ1) is 11.0. The third-order valence-electron chi connectivity index (χ3n) is 1.56. The molecule has 0 fully saturated rings. The van der Waals surface area contributed by atoms with Gasteiger partial charge in [0.05, 0.1) is 12.7 Å². The lowest BCUT2D eigenvalue weighted by molar-refractivity contribution is 0.111. The molecule has 0 aliphatic carbocycles. The predicted molar refractivity (Wildman–Crippen MR) is 48.8 cm³/mol. The zero-order valence-corrected chi connectivity index (χ0v) is 8.72. The first-order valence-corrected chi connectivity index (χ1v) is 4.37. The molecule has 0 amide bonds. The second-order valence-electron chi connectivity index (χ2n) is 2.37. The van der Waals surface area contributed by atoms with Crippen molar-refractivity contribution in [3.63, 3.8) is 0 Å². The smallest absolute Gasteiger partial charge is 0.266 e. The molecule has 0 bridgehead atoms. The highest BCUT2D eigenvalue weighted by Gasteiger charge is 2.16. The first-order chi connectivity index (χ1) is 6.60. The van der Waals surface area contributed by atoms with Crippen molar-refractivity contribution in [1.29, 1.82) is 0 Å². The fraction of sp³-hybridized carbons (Fsp3) is 0.250. The average Bonchev–Trinajstić information content (AvgIpc) is 2.16. The maximum atomic E-state index is 12.4. The molecule has 1 rings (SSSR count). The molecule has 1 heterocycles. The van der Waals surface area contributed by atoms with Crippen LogP contribution in [0.25, 0.3) is 0 Å². The van der Waals surface area contributed by atoms with Crippen LogP contribution in [0.3, 0.4) is 0 Å². The van der Waals surface area contributed by atoms with Gasteiger partial charge in [-0.3, -0.25) is 4.79 Å². The van der Waals surface area contributed by atoms with Crippen molar-refractivity contribution in [1.82, 2.24) is 4.98 Å². The van der Waals surface area contributed by atoms with Crippen LogP contribution in [-0.4, -0.2) is 18.4 Å². The molecule has 0 spiro atoms. The molecule has 76 valence electrons. The van der Waals surface area contributed by atoms with Gasteiger partial charge in [0.2, 0.25) is 0 Å². The van der Waals surface area contributed by atoms with Gasteiger partial charge in [0.1, 0.15) is 16.0 Å². The fourth-order valence-corrected chi connectivity index (χ4v) is 1.38. The van der Waals surface area contributed by atoms with Crippen LogP contribution in [0.5, 0.6) is 5.75 Å². The van der Waals surface area contributed by atoms with Gasteiger partial charge in [0.25, 0.3) is 6.43 Å². The van der Waals surface area contributed by atoms with Crippen molar-refractivity contribution in [2.24, 2.45) is 0 Å². The summed E-state index contributed by atoms with van der Waals surface area (Å²) in [7, 11) is 1.28. The average molecular weight is 266 g/mol. The highest BCUT2D eigenvalue weighted by atomic mass is 79.9. The molecule has 0 saturated heterocycles. The minimum atomic E-state index is -2.66. The van der Waals surface area contributed by atoms with E-state index in [0.717, 1.165) is 6.07 Å². The third-order valence-corrected chi connectivity index (χ3v) is 2.20. The predicted octanol–water partition coefficient (Wildman–Crippen LogP) is 2.60. The Labute approximate surface area is 87.2 Å². The molecule has 0 aliphatic heterocycles. The highest BCUT2D eigenvalue weighted by Crippen LogP contribution is 2.30. The molecule has 0 radical (unpaired) electrons. The fourth-order valence-electron chi connectivity index (χ4n) is 0.901. The Bertz CT molecular complexity index is 357. The van der Waals surface area contributed by atoms with Crippen molar-refractivity contribution >= 4 is 22.2 Å². The molecule has 14 heavy (non-hydrogen) atoms. The Balaban J connectivity index is 3.30. The van der Waals surface area contributed by atoms with E-state index in [1.165, 1.54) is 7.11 Å². The number of methoxy groups -OCH3 is 1. The van der Waals surface area contributed by atoms with Crippen molar-refractivity contribution in [2.45, 2.75) is 6.43 Å². The minimum absolute atomic E-state index is 0.0104. The van der Waals surface area contributed by atoms with Gasteiger partial charge in [0, 0.05) is 0 Å². The molecule has 0 unspecified atom stereocenters. The number of carbonyl (C=O) groups excluding carboxylic acids is 1. The zero-order chi connectivity index (χ0) is 10.7. The molecule has 0 aliphatic rings. The van der Waals surface area contributed by atoms with Gasteiger partial charge in [-0.1, -0.05) is 0 Å². The van der Waals surface area contributed by atoms with Gasteiger partial charge < -0.3 is 4.74 Å². The van der Waals surface area contributed by atoms with Gasteiger partial charge in [-0.2, -0.15) is 0 Å². The maximum Gasteiger partial charge on any atom is 0.266 e. The molecule has 6 heteroatoms. The van der Waals surface area contributed by atoms with E-state index < -0.39 is 6.43 Å². The molecule has 3 nitrogen and oxygen atoms in total. The molecule has 0 atom stereocenters. The quantitative estimate of drug-likeness (QED) is 0.623. The molecule has 1 aromatic heterocycles. The molecule has 0 saturated carbocycles. The zero-order valence-electron chi connectivity index (χ0n) is 7.13. The summed E-state index contributed by atoms with van der Waals surface area (Å²) in [5, 5.41) is 0. The number of pyridine rings is 1. The summed E-state index contributed by atoms with van der Waals surface area (Å²) in [5.41, 5.74) is -0.309. The van der Waals surface area contributed by atoms with E-state index in [1.54, 1.807) is 0 Å². The number of nitrogens with zero attached hydrogens (tertiary/aromatic N) is 1. The monoisotopic (exact) mass is 265 g/mol. The van der Waals surface area contributed by atoms with Gasteiger partial charge in [-0.25, -0.2) is 13.8 Å². The van der Waals surface area contributed by atoms with Crippen molar-refractivity contribution in [2.75, 3.05) is 7.11 Å². The Kier molecular flexibility index (Phi) is 3.51. The number of halogens is 3. The van der Waals surface area contributed by atoms with E-state index in [1.807, 2.05) is 0 Å². The number of aromatic nitrogens is 1. The van der Waals surface area contributed by atoms with Crippen LogP contribution in [0.2, 0.25) is 0 Å². The van der Waals surface area contributed by atoms with Crippen molar-refractivity contribution < 1.29 is 18.3 Å². The topological polar surface area (TPSA) is 39.2 Å². The van der Waals surface area contributed by atoms with Crippen LogP contribution in [0.15, 0.2) is 10.7 Å². The summed E-state index contributed by atoms with van der Waals surface area (Å²) in [5.74, 6) is 0.0403. The Morgan fingerprint density at radius 1 is 1.64 bits per heavy atom. The molecule has 0 aromatic carbocycles. The number of ether oxygens (including phenoxy) is 1. The molecule has 0 N–H and O–H groups in total. The van der Waals surface area contributed by atoms with Gasteiger partial charge in [-0.15, -0.1) is 0 Å². The lowest BCUT2D eigenvalue weighted by atomic mass is 10.2. The van der Waals surface area contributed by atoms with Crippen LogP contribution in [-0.2, 0) is 0 Å². The number of rotatable bonds is 3. The van der Waals surface area contributed by atoms with Crippen LogP contribution >= 0.6 is 15.9 Å². The van der Waals surface area contributed by atoms with Crippen LogP contribution < -0.4 is 4.74 Å². The first-order valence-electron chi connectivity index (χ1n) is 3.58. The Morgan fingerprint density at radius 3 is 2.71 bits per heavy atom. The Hall–Kier alpha value is -1.04. The minimum Gasteiger partial charge on any atom is -0.494 e. The Morgan fingerprint density at radius 2 is 2.29 bits per heavy atom. The normalized spacial score (nSPS) is 10.4. The van der Waals surface area contributed by atoms with E-state index in [0.29, 0.717) is 6.29 Å². The summed E-state index contributed by atoms with van der Waals surface area (Å²) >= 11 is 2.85. The van der Waals surface area contributed by atoms with E-state index in [9.17, 15) is 13.6 Å². The number of aldehydes is 1. The van der Waals surface area contributed by atoms with Crippen LogP contribution in [0.4, 0.5) is 8.78 Å². The van der Waals surface area contributed by atoms with Crippen LogP contribution in [0.1, 0.15) is 22.5 Å². The van der Waals surface area contributed by atoms with Crippen molar-refractivity contribution in [3.8, 4) is 5.75 Å². The summed E-state index contributed by atoms with van der Waals surface area (Å²) in [6.45, 7) is 0. The molecule has 1 aromatic rings. The highest BCUT2D eigenvalue weighted by molar-refractivity contribution is 9.10. The van der Waals surface area contributed by atoms with E-state index >= 15 is 0 Å². The van der Waals surface area contributed by atoms with Gasteiger partial charge in [0.15, 0.2) is 6.29 Å². The van der Waals surface area contributed by atoms with Gasteiger partial charge in [-0.05, 0) is 22.0 Å². The summed E-state index contributed by atoms with van der Waals surface area (Å²) in [4.78, 5) is 14.1. The lowest BCUT2D eigenvalue weighted by Gasteiger charge is -2.07. The second kappa shape index (κ2) is 4.45. The summed E-state index contributed by atoms with van der Waals surface area (Å²) in [6.07, 6.45) is -2.22. The standard InChI is InChI=1S/C8H6BrF2NO2/c1-14-6-2-4(8(10)11)7(9)12-5(6)3-13/h2-3,8H,1H3. The number of carbonyl (C=O) groups is 1. The maximum absolute atomic E-state index is 12.4. The summed E-state index contributed by atoms with van der Waals surface area (Å²) < 4.78 is 29.4. The van der Waals surface area contributed by atoms with Crippen LogP contribution in [0, 0.1) is 0 Å². The van der Waals surface area contributed by atoms with Gasteiger partial charge >= 0.3 is 0 Å². The largest absolute Gasteiger partial charge is 0.494 e. The number of alkyl halides is 2. The summed E-state index contributed by atoms with van der Waals surface area (Å²) in [6, 6.07) is 1.09. The molecular weight excluding hydrogens is 260 g/mol. The van der Waals surface area contributed by atoms with Crippen molar-refractivity contribution in [3.05, 3.63) is 21.9 Å². The number of hydrogen-bond donors (Lipinski definition) is 0. The van der Waals surface area contributed by atoms with E-state index in [4.69, 9.17) is 4.74 Å². The SMILES string of the molecule is COc1cc(C(F)F)c(Br)nc1C=O. The van der Waals surface area contributed by atoms with E-state index in [-0.39, 0.29) is 21.6 Å². The molecular formula is C8H6BrF2NO2.